The van der Waals surface area contributed by atoms with Gasteiger partial charge in [0.25, 0.3) is 0 Å². The molecule has 0 bridgehead atoms. The first-order valence-electron chi connectivity index (χ1n) is 5.12. The molecule has 2 N–H and O–H groups in total. The van der Waals surface area contributed by atoms with Crippen LogP contribution in [-0.4, -0.2) is 36.7 Å². The smallest absolute Gasteiger partial charge is 0.218 e. The second-order valence-electron chi connectivity index (χ2n) is 3.19. The molecule has 1 aromatic heterocycles. The molecule has 5 heteroatoms. The Balaban J connectivity index is 2.79. The first-order valence-corrected chi connectivity index (χ1v) is 5.12. The van der Waals surface area contributed by atoms with Crippen LogP contribution < -0.4 is 15.4 Å². The number of methoxy groups -OCH3 is 1. The molecule has 1 heterocycles. The number of rotatable bonds is 6. The summed E-state index contributed by atoms with van der Waals surface area (Å²) in [4.78, 5) is 10.3. The molecule has 0 aromatic carbocycles. The second-order valence-corrected chi connectivity index (χ2v) is 3.19. The number of hydrogen-bond acceptors (Lipinski definition) is 5. The summed E-state index contributed by atoms with van der Waals surface area (Å²) in [5, 5.41) is 0. The molecule has 0 saturated carbocycles. The van der Waals surface area contributed by atoms with Gasteiger partial charge in [-0.2, -0.15) is 0 Å². The van der Waals surface area contributed by atoms with Crippen LogP contribution in [0.1, 0.15) is 13.3 Å². The van der Waals surface area contributed by atoms with E-state index in [1.807, 2.05) is 6.07 Å². The van der Waals surface area contributed by atoms with Gasteiger partial charge in [-0.1, -0.05) is 6.92 Å². The maximum atomic E-state index is 5.55. The van der Waals surface area contributed by atoms with Crippen LogP contribution in [0.3, 0.4) is 0 Å². The van der Waals surface area contributed by atoms with Crippen molar-refractivity contribution in [2.75, 3.05) is 31.6 Å². The Morgan fingerprint density at radius 2 is 2.20 bits per heavy atom. The molecular weight excluding hydrogens is 192 g/mol. The Morgan fingerprint density at radius 1 is 1.40 bits per heavy atom. The zero-order valence-electron chi connectivity index (χ0n) is 9.31. The lowest BCUT2D eigenvalue weighted by atomic mass is 10.4. The number of aromatic nitrogens is 2. The first kappa shape index (κ1) is 11.7. The van der Waals surface area contributed by atoms with Crippen molar-refractivity contribution in [2.24, 2.45) is 5.73 Å². The van der Waals surface area contributed by atoms with Gasteiger partial charge in [0, 0.05) is 25.7 Å². The minimum Gasteiger partial charge on any atom is -0.481 e. The molecule has 0 amide bonds. The number of hydrogen-bond donors (Lipinski definition) is 1. The average molecular weight is 210 g/mol. The maximum absolute atomic E-state index is 5.55. The minimum absolute atomic E-state index is 0.582. The third-order valence-corrected chi connectivity index (χ3v) is 2.05. The van der Waals surface area contributed by atoms with Gasteiger partial charge in [0.15, 0.2) is 0 Å². The van der Waals surface area contributed by atoms with Gasteiger partial charge in [-0.3, -0.25) is 0 Å². The van der Waals surface area contributed by atoms with Gasteiger partial charge in [-0.25, -0.2) is 9.97 Å². The zero-order valence-corrected chi connectivity index (χ0v) is 9.31. The van der Waals surface area contributed by atoms with Gasteiger partial charge in [0.1, 0.15) is 12.1 Å². The number of nitrogens with zero attached hydrogens (tertiary/aromatic N) is 3. The summed E-state index contributed by atoms with van der Waals surface area (Å²) in [6.45, 7) is 4.49. The minimum atomic E-state index is 0.582. The van der Waals surface area contributed by atoms with E-state index in [9.17, 15) is 0 Å². The summed E-state index contributed by atoms with van der Waals surface area (Å²) in [5.41, 5.74) is 5.55. The SMILES string of the molecule is CCCN(CCN)c1cc(OC)ncn1. The largest absolute Gasteiger partial charge is 0.481 e. The van der Waals surface area contributed by atoms with Crippen molar-refractivity contribution >= 4 is 5.82 Å². The predicted molar refractivity (Wildman–Crippen MR) is 60.1 cm³/mol. The molecule has 1 rings (SSSR count). The molecule has 0 fully saturated rings. The highest BCUT2D eigenvalue weighted by Gasteiger charge is 2.07. The Labute approximate surface area is 90.3 Å². The molecule has 0 unspecified atom stereocenters. The molecule has 15 heavy (non-hydrogen) atoms. The lowest BCUT2D eigenvalue weighted by Crippen LogP contribution is -2.30. The fourth-order valence-electron chi connectivity index (χ4n) is 1.38. The molecule has 0 aliphatic carbocycles. The molecule has 1 aromatic rings. The summed E-state index contributed by atoms with van der Waals surface area (Å²) in [6, 6.07) is 1.82. The van der Waals surface area contributed by atoms with Crippen molar-refractivity contribution in [1.29, 1.82) is 0 Å². The quantitative estimate of drug-likeness (QED) is 0.747. The lowest BCUT2D eigenvalue weighted by molar-refractivity contribution is 0.396. The topological polar surface area (TPSA) is 64.3 Å². The van der Waals surface area contributed by atoms with Crippen LogP contribution in [0.2, 0.25) is 0 Å². The Hall–Kier alpha value is -1.36. The van der Waals surface area contributed by atoms with Gasteiger partial charge in [0.2, 0.25) is 5.88 Å². The van der Waals surface area contributed by atoms with Crippen LogP contribution in [-0.2, 0) is 0 Å². The van der Waals surface area contributed by atoms with Gasteiger partial charge < -0.3 is 15.4 Å². The molecule has 84 valence electrons. The van der Waals surface area contributed by atoms with Crippen LogP contribution in [0.15, 0.2) is 12.4 Å². The fraction of sp³-hybridized carbons (Fsp3) is 0.600. The van der Waals surface area contributed by atoms with Crippen LogP contribution in [0, 0.1) is 0 Å². The summed E-state index contributed by atoms with van der Waals surface area (Å²) in [6.07, 6.45) is 2.57. The van der Waals surface area contributed by atoms with E-state index in [2.05, 4.69) is 21.8 Å². The van der Waals surface area contributed by atoms with Gasteiger partial charge in [-0.15, -0.1) is 0 Å². The van der Waals surface area contributed by atoms with E-state index < -0.39 is 0 Å². The van der Waals surface area contributed by atoms with Crippen molar-refractivity contribution in [3.63, 3.8) is 0 Å². The van der Waals surface area contributed by atoms with E-state index in [-0.39, 0.29) is 0 Å². The summed E-state index contributed by atoms with van der Waals surface area (Å²) in [5.74, 6) is 1.45. The second kappa shape index (κ2) is 6.19. The predicted octanol–water partition coefficient (Wildman–Crippen LogP) is 0.660. The number of anilines is 1. The van der Waals surface area contributed by atoms with E-state index in [1.165, 1.54) is 6.33 Å². The molecule has 0 aliphatic rings. The van der Waals surface area contributed by atoms with Crippen molar-refractivity contribution in [3.05, 3.63) is 12.4 Å². The van der Waals surface area contributed by atoms with Crippen LogP contribution in [0.25, 0.3) is 0 Å². The average Bonchev–Trinajstić information content (AvgIpc) is 2.29. The molecule has 0 radical (unpaired) electrons. The Kier molecular flexibility index (Phi) is 4.83. The highest BCUT2D eigenvalue weighted by atomic mass is 16.5. The van der Waals surface area contributed by atoms with E-state index in [1.54, 1.807) is 7.11 Å². The van der Waals surface area contributed by atoms with Gasteiger partial charge in [-0.05, 0) is 6.42 Å². The molecular formula is C10H18N4O. The molecule has 5 nitrogen and oxygen atoms in total. The van der Waals surface area contributed by atoms with Crippen LogP contribution in [0.5, 0.6) is 5.88 Å². The molecule has 0 spiro atoms. The normalized spacial score (nSPS) is 10.1. The fourth-order valence-corrected chi connectivity index (χ4v) is 1.38. The van der Waals surface area contributed by atoms with Crippen molar-refractivity contribution in [3.8, 4) is 5.88 Å². The maximum Gasteiger partial charge on any atom is 0.218 e. The van der Waals surface area contributed by atoms with E-state index in [0.29, 0.717) is 12.4 Å². The van der Waals surface area contributed by atoms with E-state index >= 15 is 0 Å². The van der Waals surface area contributed by atoms with E-state index in [0.717, 1.165) is 25.3 Å². The Bertz CT molecular complexity index is 287. The standard InChI is InChI=1S/C10H18N4O/c1-3-5-14(6-4-11)9-7-10(15-2)13-8-12-9/h7-8H,3-6,11H2,1-2H3. The van der Waals surface area contributed by atoms with Gasteiger partial charge >= 0.3 is 0 Å². The van der Waals surface area contributed by atoms with Crippen molar-refractivity contribution in [2.45, 2.75) is 13.3 Å². The number of ether oxygens (including phenoxy) is 1. The van der Waals surface area contributed by atoms with Crippen LogP contribution in [0.4, 0.5) is 5.82 Å². The van der Waals surface area contributed by atoms with E-state index in [4.69, 9.17) is 10.5 Å². The van der Waals surface area contributed by atoms with Gasteiger partial charge in [0.05, 0.1) is 7.11 Å². The highest BCUT2D eigenvalue weighted by molar-refractivity contribution is 5.40. The third kappa shape index (κ3) is 3.36. The summed E-state index contributed by atoms with van der Waals surface area (Å²) >= 11 is 0. The summed E-state index contributed by atoms with van der Waals surface area (Å²) < 4.78 is 5.05. The Morgan fingerprint density at radius 3 is 2.80 bits per heavy atom. The number of nitrogens with two attached hydrogens (primary N) is 1. The first-order chi connectivity index (χ1) is 7.31. The van der Waals surface area contributed by atoms with Crippen molar-refractivity contribution < 1.29 is 4.74 Å². The third-order valence-electron chi connectivity index (χ3n) is 2.05. The molecule has 0 saturated heterocycles. The lowest BCUT2D eigenvalue weighted by Gasteiger charge is -2.22. The molecule has 0 aliphatic heterocycles. The summed E-state index contributed by atoms with van der Waals surface area (Å²) in [7, 11) is 1.60. The monoisotopic (exact) mass is 210 g/mol. The molecule has 0 atom stereocenters. The van der Waals surface area contributed by atoms with Crippen LogP contribution >= 0.6 is 0 Å². The highest BCUT2D eigenvalue weighted by Crippen LogP contribution is 2.14. The van der Waals surface area contributed by atoms with Crippen molar-refractivity contribution in [1.82, 2.24) is 9.97 Å². The zero-order chi connectivity index (χ0) is 11.1.